The summed E-state index contributed by atoms with van der Waals surface area (Å²) in [4.78, 5) is 34.2. The minimum absolute atomic E-state index is 0. The average molecular weight is 424 g/mol. The first-order valence-corrected chi connectivity index (χ1v) is 8.43. The Morgan fingerprint density at radius 2 is 1.45 bits per heavy atom. The maximum Gasteiger partial charge on any atom is 0.337 e. The molecule has 0 spiro atoms. The molecule has 0 saturated carbocycles. The van der Waals surface area contributed by atoms with Gasteiger partial charge in [0.1, 0.15) is 0 Å². The van der Waals surface area contributed by atoms with E-state index in [2.05, 4.69) is 10.1 Å². The normalized spacial score (nSPS) is 9.24. The van der Waals surface area contributed by atoms with E-state index in [-0.39, 0.29) is 30.0 Å². The van der Waals surface area contributed by atoms with E-state index >= 15 is 0 Å². The lowest BCUT2D eigenvalue weighted by Crippen LogP contribution is -2.33. The summed E-state index contributed by atoms with van der Waals surface area (Å²) in [5, 5.41) is 11.4. The van der Waals surface area contributed by atoms with Crippen molar-refractivity contribution in [1.29, 1.82) is 0 Å². The summed E-state index contributed by atoms with van der Waals surface area (Å²) in [6.07, 6.45) is 0. The van der Waals surface area contributed by atoms with Crippen LogP contribution in [-0.4, -0.2) is 49.2 Å². The van der Waals surface area contributed by atoms with Gasteiger partial charge in [0.25, 0.3) is 0 Å². The summed E-state index contributed by atoms with van der Waals surface area (Å²) in [7, 11) is 4.67. The molecule has 0 saturated heterocycles. The number of halogens is 1. The van der Waals surface area contributed by atoms with Crippen molar-refractivity contribution in [2.24, 2.45) is 5.73 Å². The van der Waals surface area contributed by atoms with Crippen LogP contribution in [0.1, 0.15) is 31.8 Å². The van der Waals surface area contributed by atoms with Gasteiger partial charge < -0.3 is 25.8 Å². The second-order valence-corrected chi connectivity index (χ2v) is 5.95. The first kappa shape index (κ1) is 25.9. The molecule has 4 N–H and O–H groups in total. The van der Waals surface area contributed by atoms with E-state index in [1.807, 2.05) is 12.1 Å². The topological polar surface area (TPSA) is 122 Å². The third-order valence-electron chi connectivity index (χ3n) is 3.66. The van der Waals surface area contributed by atoms with Gasteiger partial charge in [-0.1, -0.05) is 24.3 Å². The second-order valence-electron chi connectivity index (χ2n) is 5.95. The van der Waals surface area contributed by atoms with Crippen molar-refractivity contribution in [2.45, 2.75) is 13.1 Å². The molecule has 0 bridgehead atoms. The number of carboxylic acids is 1. The molecule has 158 valence electrons. The van der Waals surface area contributed by atoms with Crippen LogP contribution in [0.25, 0.3) is 0 Å². The summed E-state index contributed by atoms with van der Waals surface area (Å²) in [5.41, 5.74) is 8.05. The molecule has 2 amide bonds. The molecular weight excluding hydrogens is 398 g/mol. The Balaban J connectivity index is 0.000000542. The van der Waals surface area contributed by atoms with E-state index < -0.39 is 5.97 Å². The molecule has 0 atom stereocenters. The fraction of sp³-hybridized carbons (Fsp3) is 0.250. The van der Waals surface area contributed by atoms with E-state index in [1.165, 1.54) is 24.1 Å². The Kier molecular flexibility index (Phi) is 11.7. The quantitative estimate of drug-likeness (QED) is 0.635. The molecule has 0 radical (unpaired) electrons. The number of urea groups is 1. The summed E-state index contributed by atoms with van der Waals surface area (Å²) >= 11 is 0. The van der Waals surface area contributed by atoms with Gasteiger partial charge in [-0.25, -0.2) is 14.4 Å². The number of aromatic carboxylic acids is 1. The first-order valence-electron chi connectivity index (χ1n) is 8.43. The minimum Gasteiger partial charge on any atom is -0.478 e. The zero-order valence-corrected chi connectivity index (χ0v) is 17.4. The molecule has 9 heteroatoms. The standard InChI is InChI=1S/C11H14N2O3.C9H11NO2.ClH/c1-13(2)11(16)12-7-8-3-5-9(6-4-8)10(14)15;1-12-9(11)8-4-2-7(6-10)3-5-8;/h3-6H,7H2,1-2H3,(H,12,16)(H,14,15);2-5H,6,10H2,1H3;1H. The number of nitrogens with one attached hydrogen (secondary N) is 1. The monoisotopic (exact) mass is 423 g/mol. The van der Waals surface area contributed by atoms with Crippen LogP contribution in [0.15, 0.2) is 48.5 Å². The van der Waals surface area contributed by atoms with Crippen LogP contribution in [0.4, 0.5) is 4.79 Å². The number of esters is 1. The molecule has 0 aromatic heterocycles. The largest absolute Gasteiger partial charge is 0.478 e. The molecule has 2 aromatic rings. The highest BCUT2D eigenvalue weighted by Gasteiger charge is 2.04. The summed E-state index contributed by atoms with van der Waals surface area (Å²) in [6.45, 7) is 0.873. The van der Waals surface area contributed by atoms with Crippen molar-refractivity contribution >= 4 is 30.4 Å². The molecule has 8 nitrogen and oxygen atoms in total. The van der Waals surface area contributed by atoms with Crippen molar-refractivity contribution in [1.82, 2.24) is 10.2 Å². The molecule has 2 rings (SSSR count). The number of nitrogens with zero attached hydrogens (tertiary/aromatic N) is 1. The number of carboxylic acid groups (broad SMARTS) is 1. The maximum absolute atomic E-state index is 11.2. The number of hydrogen-bond donors (Lipinski definition) is 3. The van der Waals surface area contributed by atoms with Gasteiger partial charge in [-0.2, -0.15) is 0 Å². The van der Waals surface area contributed by atoms with Gasteiger partial charge in [-0.05, 0) is 35.4 Å². The van der Waals surface area contributed by atoms with Crippen molar-refractivity contribution in [2.75, 3.05) is 21.2 Å². The van der Waals surface area contributed by atoms with Crippen molar-refractivity contribution in [3.63, 3.8) is 0 Å². The highest BCUT2D eigenvalue weighted by atomic mass is 35.5. The lowest BCUT2D eigenvalue weighted by molar-refractivity contribution is 0.0599. The number of benzene rings is 2. The van der Waals surface area contributed by atoms with Gasteiger partial charge in [-0.15, -0.1) is 12.4 Å². The van der Waals surface area contributed by atoms with E-state index in [1.54, 1.807) is 38.4 Å². The Morgan fingerprint density at radius 3 is 1.86 bits per heavy atom. The minimum atomic E-state index is -0.955. The predicted octanol–water partition coefficient (Wildman–Crippen LogP) is 2.51. The number of hydrogen-bond acceptors (Lipinski definition) is 5. The molecule has 29 heavy (non-hydrogen) atoms. The SMILES string of the molecule is CN(C)C(=O)NCc1ccc(C(=O)O)cc1.COC(=O)c1ccc(CN)cc1.Cl. The zero-order chi connectivity index (χ0) is 21.1. The highest BCUT2D eigenvalue weighted by Crippen LogP contribution is 2.05. The summed E-state index contributed by atoms with van der Waals surface area (Å²) < 4.78 is 4.54. The third kappa shape index (κ3) is 9.09. The van der Waals surface area contributed by atoms with Gasteiger partial charge in [0.15, 0.2) is 0 Å². The molecule has 0 aliphatic carbocycles. The Hall–Kier alpha value is -3.10. The summed E-state index contributed by atoms with van der Waals surface area (Å²) in [5.74, 6) is -1.28. The predicted molar refractivity (Wildman–Crippen MR) is 112 cm³/mol. The average Bonchev–Trinajstić information content (AvgIpc) is 2.72. The number of amides is 2. The van der Waals surface area contributed by atoms with Gasteiger partial charge in [0.2, 0.25) is 0 Å². The van der Waals surface area contributed by atoms with Crippen molar-refractivity contribution < 1.29 is 24.2 Å². The lowest BCUT2D eigenvalue weighted by atomic mass is 10.1. The lowest BCUT2D eigenvalue weighted by Gasteiger charge is -2.11. The van der Waals surface area contributed by atoms with Gasteiger partial charge in [0, 0.05) is 27.2 Å². The van der Waals surface area contributed by atoms with Crippen LogP contribution in [0.3, 0.4) is 0 Å². The number of ether oxygens (including phenoxy) is 1. The maximum atomic E-state index is 11.2. The Labute approximate surface area is 176 Å². The van der Waals surface area contributed by atoms with Crippen molar-refractivity contribution in [3.05, 3.63) is 70.8 Å². The van der Waals surface area contributed by atoms with Crippen LogP contribution in [0.2, 0.25) is 0 Å². The number of rotatable bonds is 5. The summed E-state index contributed by atoms with van der Waals surface area (Å²) in [6, 6.07) is 13.2. The third-order valence-corrected chi connectivity index (χ3v) is 3.66. The fourth-order valence-corrected chi connectivity index (χ4v) is 2.00. The number of methoxy groups -OCH3 is 1. The number of carbonyl (C=O) groups is 3. The van der Waals surface area contributed by atoms with E-state index in [0.717, 1.165) is 11.1 Å². The number of nitrogens with two attached hydrogens (primary N) is 1. The van der Waals surface area contributed by atoms with Crippen LogP contribution in [-0.2, 0) is 17.8 Å². The molecule has 0 heterocycles. The second kappa shape index (κ2) is 13.1. The van der Waals surface area contributed by atoms with Gasteiger partial charge in [-0.3, -0.25) is 0 Å². The van der Waals surface area contributed by atoms with Crippen molar-refractivity contribution in [3.8, 4) is 0 Å². The van der Waals surface area contributed by atoms with Crippen LogP contribution < -0.4 is 11.1 Å². The molecule has 0 fully saturated rings. The van der Waals surface area contributed by atoms with Crippen LogP contribution in [0.5, 0.6) is 0 Å². The number of carbonyl (C=O) groups excluding carboxylic acids is 2. The molecule has 2 aromatic carbocycles. The fourth-order valence-electron chi connectivity index (χ4n) is 2.00. The van der Waals surface area contributed by atoms with Gasteiger partial charge >= 0.3 is 18.0 Å². The molecule has 0 aliphatic rings. The smallest absolute Gasteiger partial charge is 0.337 e. The Bertz CT molecular complexity index is 793. The molecule has 0 unspecified atom stereocenters. The zero-order valence-electron chi connectivity index (χ0n) is 16.5. The van der Waals surface area contributed by atoms with E-state index in [0.29, 0.717) is 18.7 Å². The van der Waals surface area contributed by atoms with E-state index in [9.17, 15) is 14.4 Å². The van der Waals surface area contributed by atoms with Crippen LogP contribution in [0, 0.1) is 0 Å². The molecular formula is C20H26ClN3O5. The van der Waals surface area contributed by atoms with E-state index in [4.69, 9.17) is 10.8 Å². The molecule has 0 aliphatic heterocycles. The highest BCUT2D eigenvalue weighted by molar-refractivity contribution is 5.89. The first-order chi connectivity index (χ1) is 13.3. The Morgan fingerprint density at radius 1 is 0.966 bits per heavy atom. The van der Waals surface area contributed by atoms with Crippen LogP contribution >= 0.6 is 12.4 Å². The van der Waals surface area contributed by atoms with Gasteiger partial charge in [0.05, 0.1) is 18.2 Å².